The Morgan fingerprint density at radius 3 is 1.84 bits per heavy atom. The third-order valence-electron chi connectivity index (χ3n) is 12.1. The van der Waals surface area contributed by atoms with Crippen LogP contribution >= 0.6 is 0 Å². The minimum absolute atomic E-state index is 0.218. The van der Waals surface area contributed by atoms with Crippen molar-refractivity contribution in [1.29, 1.82) is 0 Å². The maximum absolute atomic E-state index is 14.1. The van der Waals surface area contributed by atoms with Crippen molar-refractivity contribution in [3.63, 3.8) is 0 Å². The van der Waals surface area contributed by atoms with E-state index < -0.39 is 24.3 Å². The third kappa shape index (κ3) is 8.33. The van der Waals surface area contributed by atoms with E-state index in [1.165, 1.54) is 14.2 Å². The van der Waals surface area contributed by atoms with E-state index in [9.17, 15) is 19.2 Å². The number of ether oxygens (including phenoxy) is 3. The topological polar surface area (TPSA) is 184 Å². The lowest BCUT2D eigenvalue weighted by molar-refractivity contribution is -0.135. The number of nitrogens with one attached hydrogen (secondary N) is 4. The molecule has 0 unspecified atom stereocenters. The average molecular weight is 849 g/mol. The summed E-state index contributed by atoms with van der Waals surface area (Å²) in [5, 5.41) is 5.45. The summed E-state index contributed by atoms with van der Waals surface area (Å²) >= 11 is 0. The van der Waals surface area contributed by atoms with Crippen LogP contribution in [0.4, 0.5) is 9.59 Å². The Balaban J connectivity index is 0.908. The van der Waals surface area contributed by atoms with Gasteiger partial charge < -0.3 is 44.6 Å². The molecule has 3 aliphatic heterocycles. The summed E-state index contributed by atoms with van der Waals surface area (Å²) < 4.78 is 16.0. The van der Waals surface area contributed by atoms with Crippen molar-refractivity contribution < 1.29 is 33.4 Å². The molecule has 4 aromatic carbocycles. The number of carbonyl (C=O) groups excluding carboxylic acids is 4. The van der Waals surface area contributed by atoms with Crippen LogP contribution in [0.25, 0.3) is 33.6 Å². The molecular formula is C48H48N8O7. The number of rotatable bonds is 10. The predicted molar refractivity (Wildman–Crippen MR) is 233 cm³/mol. The van der Waals surface area contributed by atoms with Gasteiger partial charge in [-0.2, -0.15) is 0 Å². The second-order valence-electron chi connectivity index (χ2n) is 15.9. The van der Waals surface area contributed by atoms with Gasteiger partial charge in [0.1, 0.15) is 29.5 Å². The second-order valence-corrected chi connectivity index (χ2v) is 15.9. The molecule has 0 bridgehead atoms. The van der Waals surface area contributed by atoms with Gasteiger partial charge in [0.05, 0.1) is 50.5 Å². The number of amides is 4. The molecular weight excluding hydrogens is 801 g/mol. The number of fused-ring (bicyclic) bond motifs is 3. The van der Waals surface area contributed by atoms with Crippen molar-refractivity contribution in [3.05, 3.63) is 138 Å². The highest BCUT2D eigenvalue weighted by atomic mass is 16.5. The third-order valence-corrected chi connectivity index (χ3v) is 12.1. The maximum Gasteiger partial charge on any atom is 0.407 e. The highest BCUT2D eigenvalue weighted by molar-refractivity contribution is 5.88. The molecule has 4 amide bonds. The molecule has 322 valence electrons. The van der Waals surface area contributed by atoms with Crippen molar-refractivity contribution in [2.75, 3.05) is 33.9 Å². The van der Waals surface area contributed by atoms with E-state index in [2.05, 4.69) is 38.8 Å². The van der Waals surface area contributed by atoms with Gasteiger partial charge in [-0.05, 0) is 65.6 Å². The zero-order valence-electron chi connectivity index (χ0n) is 35.0. The van der Waals surface area contributed by atoms with Gasteiger partial charge in [-0.3, -0.25) is 9.59 Å². The predicted octanol–water partition coefficient (Wildman–Crippen LogP) is 7.59. The number of imidazole rings is 2. The number of H-pyrrole nitrogens is 2. The molecule has 15 heteroatoms. The Bertz CT molecular complexity index is 2610. The fraction of sp³-hybridized carbons (Fsp3) is 0.292. The lowest BCUT2D eigenvalue weighted by Gasteiger charge is -2.28. The Labute approximate surface area is 364 Å². The number of likely N-dealkylation sites (tertiary alicyclic amines) is 2. The molecule has 0 spiro atoms. The molecule has 63 heavy (non-hydrogen) atoms. The smallest absolute Gasteiger partial charge is 0.407 e. The lowest BCUT2D eigenvalue weighted by atomic mass is 9.99. The number of nitrogens with zero attached hydrogens (tertiary/aromatic N) is 4. The Kier molecular flexibility index (Phi) is 11.6. The van der Waals surface area contributed by atoms with Gasteiger partial charge >= 0.3 is 12.2 Å². The van der Waals surface area contributed by atoms with E-state index in [1.807, 2.05) is 84.9 Å². The van der Waals surface area contributed by atoms with E-state index in [4.69, 9.17) is 24.2 Å². The van der Waals surface area contributed by atoms with Gasteiger partial charge in [-0.15, -0.1) is 0 Å². The van der Waals surface area contributed by atoms with Crippen LogP contribution in [0.15, 0.2) is 109 Å². The molecule has 2 saturated heterocycles. The number of hydrogen-bond acceptors (Lipinski definition) is 9. The number of hydrogen-bond donors (Lipinski definition) is 4. The first-order valence-corrected chi connectivity index (χ1v) is 21.2. The van der Waals surface area contributed by atoms with Crippen molar-refractivity contribution in [2.24, 2.45) is 0 Å². The summed E-state index contributed by atoms with van der Waals surface area (Å²) in [6, 6.07) is 30.3. The highest BCUT2D eigenvalue weighted by Crippen LogP contribution is 2.41. The van der Waals surface area contributed by atoms with E-state index in [-0.39, 0.29) is 23.9 Å². The van der Waals surface area contributed by atoms with E-state index in [0.29, 0.717) is 48.9 Å². The van der Waals surface area contributed by atoms with Crippen LogP contribution < -0.4 is 15.4 Å². The summed E-state index contributed by atoms with van der Waals surface area (Å²) in [4.78, 5) is 73.1. The first-order valence-electron chi connectivity index (χ1n) is 21.2. The first-order chi connectivity index (χ1) is 30.8. The van der Waals surface area contributed by atoms with Gasteiger partial charge in [0.25, 0.3) is 11.8 Å². The van der Waals surface area contributed by atoms with Crippen LogP contribution in [-0.4, -0.2) is 87.7 Å². The van der Waals surface area contributed by atoms with Gasteiger partial charge in [0.2, 0.25) is 0 Å². The van der Waals surface area contributed by atoms with Crippen LogP contribution in [-0.2, 0) is 25.5 Å². The molecule has 0 aliphatic carbocycles. The quantitative estimate of drug-likeness (QED) is 0.108. The maximum atomic E-state index is 14.1. The molecule has 15 nitrogen and oxygen atoms in total. The monoisotopic (exact) mass is 848 g/mol. The number of aromatic amines is 2. The molecule has 0 radical (unpaired) electrons. The van der Waals surface area contributed by atoms with Crippen LogP contribution in [0.5, 0.6) is 5.75 Å². The van der Waals surface area contributed by atoms with Crippen LogP contribution in [0.2, 0.25) is 0 Å². The fourth-order valence-corrected chi connectivity index (χ4v) is 8.95. The van der Waals surface area contributed by atoms with E-state index in [1.54, 1.807) is 16.0 Å². The summed E-state index contributed by atoms with van der Waals surface area (Å²) in [5.41, 5.74) is 7.73. The lowest BCUT2D eigenvalue weighted by Crippen LogP contribution is -2.42. The van der Waals surface area contributed by atoms with E-state index >= 15 is 0 Å². The van der Waals surface area contributed by atoms with Gasteiger partial charge in [-0.1, -0.05) is 91.0 Å². The molecule has 2 fully saturated rings. The largest absolute Gasteiger partial charge is 0.492 e. The van der Waals surface area contributed by atoms with Gasteiger partial charge in [0, 0.05) is 30.8 Å². The number of benzene rings is 4. The Morgan fingerprint density at radius 2 is 1.25 bits per heavy atom. The minimum atomic E-state index is -0.899. The SMILES string of the molecule is COC(=O)N[C@@H](C(=O)N1CCC[C@H]1c1ncc(-c2ccc(-c3ccc4c(c3)OCCc3[nH]c([C@@H]5CCCN5C(=O)[C@H](NC(=O)OC)c5ccccc5)nc3-4)cc2)[nH]1)c1ccccc1. The van der Waals surface area contributed by atoms with Crippen molar-refractivity contribution in [3.8, 4) is 39.4 Å². The molecule has 9 rings (SSSR count). The van der Waals surface area contributed by atoms with Crippen molar-refractivity contribution in [1.82, 2.24) is 40.4 Å². The Hall–Kier alpha value is -7.42. The summed E-state index contributed by atoms with van der Waals surface area (Å²) in [6.45, 7) is 1.54. The number of alkyl carbamates (subject to hydrolysis) is 2. The van der Waals surface area contributed by atoms with Gasteiger partial charge in [-0.25, -0.2) is 19.6 Å². The van der Waals surface area contributed by atoms with Crippen LogP contribution in [0.3, 0.4) is 0 Å². The number of aromatic nitrogens is 4. The first kappa shape index (κ1) is 41.0. The molecule has 6 aromatic rings. The zero-order valence-corrected chi connectivity index (χ0v) is 35.0. The summed E-state index contributed by atoms with van der Waals surface area (Å²) in [6.07, 6.45) is 4.15. The average Bonchev–Trinajstić information content (AvgIpc) is 4.17. The molecule has 5 heterocycles. The van der Waals surface area contributed by atoms with Gasteiger partial charge in [0.15, 0.2) is 0 Å². The fourth-order valence-electron chi connectivity index (χ4n) is 8.95. The molecule has 4 atom stereocenters. The molecule has 2 aromatic heterocycles. The highest BCUT2D eigenvalue weighted by Gasteiger charge is 2.39. The zero-order chi connectivity index (χ0) is 43.5. The number of methoxy groups -OCH3 is 2. The minimum Gasteiger partial charge on any atom is -0.492 e. The molecule has 0 saturated carbocycles. The molecule has 3 aliphatic rings. The normalized spacial score (nSPS) is 17.7. The van der Waals surface area contributed by atoms with Crippen LogP contribution in [0.1, 0.15) is 78.3 Å². The van der Waals surface area contributed by atoms with Crippen molar-refractivity contribution >= 4 is 24.0 Å². The van der Waals surface area contributed by atoms with Crippen LogP contribution in [0, 0.1) is 0 Å². The summed E-state index contributed by atoms with van der Waals surface area (Å²) in [5.74, 6) is 1.69. The number of carbonyl (C=O) groups is 4. The Morgan fingerprint density at radius 1 is 0.698 bits per heavy atom. The molecule has 4 N–H and O–H groups in total. The standard InChI is InChI=1S/C48H48N8O7/c1-61-47(59)53-40(31-11-5-3-6-12-31)45(57)55-24-9-15-37(55)43-49-28-36(51-43)30-19-17-29(18-20-30)33-21-22-34-39(27-33)63-26-23-35-42(34)52-44(50-35)38-16-10-25-56(38)46(58)41(54-48(60)62-2)32-13-7-4-8-14-32/h3-8,11-14,17-22,27-28,37-38,40-41H,9-10,15-16,23-26H2,1-2H3,(H,49,51)(H,50,52)(H,53,59)(H,54,60)/t37-,38-,40+,41+/m0/s1. The van der Waals surface area contributed by atoms with Crippen molar-refractivity contribution in [2.45, 2.75) is 56.3 Å². The second kappa shape index (κ2) is 17.9. The summed E-state index contributed by atoms with van der Waals surface area (Å²) in [7, 11) is 2.56. The van der Waals surface area contributed by atoms with E-state index in [0.717, 1.165) is 70.8 Å².